The summed E-state index contributed by atoms with van der Waals surface area (Å²) in [6.45, 7) is 1.45. The molecule has 1 aromatic carbocycles. The number of carbonyl (C=O) groups is 1. The second-order valence-corrected chi connectivity index (χ2v) is 3.65. The molecule has 0 saturated carbocycles. The Bertz CT molecular complexity index is 581. The molecule has 0 aliphatic heterocycles. The Hall–Kier alpha value is -2.30. The van der Waals surface area contributed by atoms with E-state index in [1.165, 1.54) is 6.92 Å². The third-order valence-corrected chi connectivity index (χ3v) is 2.39. The predicted octanol–water partition coefficient (Wildman–Crippen LogP) is 1.78. The van der Waals surface area contributed by atoms with E-state index in [1.807, 2.05) is 0 Å². The summed E-state index contributed by atoms with van der Waals surface area (Å²) in [6, 6.07) is 5.22. The van der Waals surface area contributed by atoms with Gasteiger partial charge in [-0.25, -0.2) is 0 Å². The summed E-state index contributed by atoms with van der Waals surface area (Å²) >= 11 is 0. The minimum Gasteiger partial charge on any atom is -0.497 e. The Morgan fingerprint density at radius 3 is 2.88 bits per heavy atom. The van der Waals surface area contributed by atoms with Gasteiger partial charge in [0, 0.05) is 24.6 Å². The lowest BCUT2D eigenvalue weighted by Gasteiger charge is -2.09. The molecule has 0 atom stereocenters. The number of pyridine rings is 1. The number of aromatic nitrogens is 1. The fraction of sp³-hybridized carbons (Fsp3) is 0.167. The van der Waals surface area contributed by atoms with Crippen LogP contribution >= 0.6 is 0 Å². The van der Waals surface area contributed by atoms with Crippen LogP contribution in [0.1, 0.15) is 6.92 Å². The van der Waals surface area contributed by atoms with Crippen molar-refractivity contribution in [3.63, 3.8) is 0 Å². The molecule has 0 spiro atoms. The van der Waals surface area contributed by atoms with Crippen molar-refractivity contribution in [2.75, 3.05) is 18.2 Å². The van der Waals surface area contributed by atoms with Crippen molar-refractivity contribution < 1.29 is 9.53 Å². The van der Waals surface area contributed by atoms with Gasteiger partial charge in [0.2, 0.25) is 5.91 Å². The molecule has 5 nitrogen and oxygen atoms in total. The van der Waals surface area contributed by atoms with E-state index in [2.05, 4.69) is 10.3 Å². The number of hydrogen-bond donors (Lipinski definition) is 2. The molecule has 5 heteroatoms. The molecule has 2 rings (SSSR count). The minimum atomic E-state index is -0.140. The molecular weight excluding hydrogens is 218 g/mol. The van der Waals surface area contributed by atoms with E-state index >= 15 is 0 Å². The zero-order chi connectivity index (χ0) is 12.4. The van der Waals surface area contributed by atoms with E-state index in [0.29, 0.717) is 22.6 Å². The topological polar surface area (TPSA) is 77.2 Å². The van der Waals surface area contributed by atoms with Gasteiger partial charge in [0.1, 0.15) is 5.75 Å². The van der Waals surface area contributed by atoms with Gasteiger partial charge in [0.15, 0.2) is 0 Å². The number of ether oxygens (including phenoxy) is 1. The van der Waals surface area contributed by atoms with Crippen molar-refractivity contribution in [1.29, 1.82) is 0 Å². The van der Waals surface area contributed by atoms with Crippen molar-refractivity contribution in [1.82, 2.24) is 4.98 Å². The van der Waals surface area contributed by atoms with Crippen molar-refractivity contribution in [2.24, 2.45) is 0 Å². The van der Waals surface area contributed by atoms with Crippen LogP contribution in [0, 0.1) is 0 Å². The van der Waals surface area contributed by atoms with Gasteiger partial charge in [-0.2, -0.15) is 0 Å². The molecule has 2 aromatic rings. The molecule has 1 heterocycles. The number of carbonyl (C=O) groups excluding carboxylic acids is 1. The average molecular weight is 231 g/mol. The number of amides is 1. The van der Waals surface area contributed by atoms with E-state index in [1.54, 1.807) is 31.5 Å². The van der Waals surface area contributed by atoms with E-state index in [0.717, 1.165) is 5.39 Å². The fourth-order valence-corrected chi connectivity index (χ4v) is 1.67. The van der Waals surface area contributed by atoms with Crippen molar-refractivity contribution in [2.45, 2.75) is 6.92 Å². The Morgan fingerprint density at radius 2 is 2.24 bits per heavy atom. The lowest BCUT2D eigenvalue weighted by Crippen LogP contribution is -2.06. The summed E-state index contributed by atoms with van der Waals surface area (Å²) in [5.74, 6) is 0.494. The van der Waals surface area contributed by atoms with Crippen LogP contribution < -0.4 is 15.8 Å². The molecule has 0 saturated heterocycles. The molecule has 0 aliphatic carbocycles. The number of methoxy groups -OCH3 is 1. The first-order valence-corrected chi connectivity index (χ1v) is 5.11. The van der Waals surface area contributed by atoms with Gasteiger partial charge in [0.25, 0.3) is 0 Å². The number of hydrogen-bond acceptors (Lipinski definition) is 4. The van der Waals surface area contributed by atoms with Crippen LogP contribution in [0.15, 0.2) is 24.4 Å². The van der Waals surface area contributed by atoms with Crippen LogP contribution in [0.25, 0.3) is 10.9 Å². The molecule has 3 N–H and O–H groups in total. The smallest absolute Gasteiger partial charge is 0.221 e. The van der Waals surface area contributed by atoms with Crippen LogP contribution in [-0.4, -0.2) is 18.0 Å². The van der Waals surface area contributed by atoms with Crippen LogP contribution in [-0.2, 0) is 4.79 Å². The lowest BCUT2D eigenvalue weighted by molar-refractivity contribution is -0.114. The SMILES string of the molecule is COc1cc(N)c2nccc(NC(C)=O)c2c1. The second-order valence-electron chi connectivity index (χ2n) is 3.65. The Labute approximate surface area is 98.6 Å². The van der Waals surface area contributed by atoms with Crippen LogP contribution in [0.2, 0.25) is 0 Å². The molecular formula is C12H13N3O2. The first kappa shape index (κ1) is 11.2. The molecule has 0 aliphatic rings. The summed E-state index contributed by atoms with van der Waals surface area (Å²) in [5.41, 5.74) is 7.72. The highest BCUT2D eigenvalue weighted by molar-refractivity contribution is 6.04. The number of benzene rings is 1. The van der Waals surface area contributed by atoms with Crippen molar-refractivity contribution >= 4 is 28.2 Å². The highest BCUT2D eigenvalue weighted by atomic mass is 16.5. The number of nitrogens with zero attached hydrogens (tertiary/aromatic N) is 1. The number of rotatable bonds is 2. The Morgan fingerprint density at radius 1 is 1.47 bits per heavy atom. The molecule has 0 unspecified atom stereocenters. The third kappa shape index (κ3) is 2.13. The number of nitrogen functional groups attached to an aromatic ring is 1. The van der Waals surface area contributed by atoms with E-state index in [-0.39, 0.29) is 5.91 Å². The monoisotopic (exact) mass is 231 g/mol. The van der Waals surface area contributed by atoms with Crippen LogP contribution in [0.5, 0.6) is 5.75 Å². The third-order valence-electron chi connectivity index (χ3n) is 2.39. The molecule has 88 valence electrons. The quantitative estimate of drug-likeness (QED) is 0.772. The first-order chi connectivity index (χ1) is 8.11. The van der Waals surface area contributed by atoms with Gasteiger partial charge in [-0.3, -0.25) is 9.78 Å². The molecule has 1 aromatic heterocycles. The van der Waals surface area contributed by atoms with Crippen molar-refractivity contribution in [3.8, 4) is 5.75 Å². The predicted molar refractivity (Wildman–Crippen MR) is 67.0 cm³/mol. The fourth-order valence-electron chi connectivity index (χ4n) is 1.67. The first-order valence-electron chi connectivity index (χ1n) is 5.11. The zero-order valence-corrected chi connectivity index (χ0v) is 9.65. The molecule has 1 amide bonds. The summed E-state index contributed by atoms with van der Waals surface area (Å²) < 4.78 is 5.14. The maximum atomic E-state index is 11.1. The summed E-state index contributed by atoms with van der Waals surface area (Å²) in [7, 11) is 1.56. The van der Waals surface area contributed by atoms with Gasteiger partial charge in [-0.15, -0.1) is 0 Å². The Kier molecular flexibility index (Phi) is 2.82. The van der Waals surface area contributed by atoms with E-state index in [4.69, 9.17) is 10.5 Å². The van der Waals surface area contributed by atoms with Crippen LogP contribution in [0.4, 0.5) is 11.4 Å². The molecule has 0 radical (unpaired) electrons. The maximum Gasteiger partial charge on any atom is 0.221 e. The van der Waals surface area contributed by atoms with Gasteiger partial charge in [0.05, 0.1) is 24.0 Å². The maximum absolute atomic E-state index is 11.1. The molecule has 0 fully saturated rings. The Balaban J connectivity index is 2.68. The van der Waals surface area contributed by atoms with Crippen molar-refractivity contribution in [3.05, 3.63) is 24.4 Å². The standard InChI is InChI=1S/C12H13N3O2/c1-7(16)15-11-3-4-14-12-9(11)5-8(17-2)6-10(12)13/h3-6H,13H2,1-2H3,(H,14,15,16). The summed E-state index contributed by atoms with van der Waals surface area (Å²) in [4.78, 5) is 15.3. The largest absolute Gasteiger partial charge is 0.497 e. The van der Waals surface area contributed by atoms with Gasteiger partial charge < -0.3 is 15.8 Å². The number of nitrogens with one attached hydrogen (secondary N) is 1. The molecule has 17 heavy (non-hydrogen) atoms. The second kappa shape index (κ2) is 4.29. The van der Waals surface area contributed by atoms with Gasteiger partial charge in [-0.05, 0) is 12.1 Å². The lowest BCUT2D eigenvalue weighted by atomic mass is 10.1. The van der Waals surface area contributed by atoms with Crippen LogP contribution in [0.3, 0.4) is 0 Å². The van der Waals surface area contributed by atoms with Gasteiger partial charge >= 0.3 is 0 Å². The summed E-state index contributed by atoms with van der Waals surface area (Å²) in [5, 5.41) is 3.50. The minimum absolute atomic E-state index is 0.140. The highest BCUT2D eigenvalue weighted by Crippen LogP contribution is 2.30. The number of fused-ring (bicyclic) bond motifs is 1. The number of nitrogens with two attached hydrogens (primary N) is 1. The zero-order valence-electron chi connectivity index (χ0n) is 9.65. The highest BCUT2D eigenvalue weighted by Gasteiger charge is 2.08. The average Bonchev–Trinajstić information content (AvgIpc) is 2.29. The van der Waals surface area contributed by atoms with E-state index < -0.39 is 0 Å². The van der Waals surface area contributed by atoms with Gasteiger partial charge in [-0.1, -0.05) is 0 Å². The molecule has 0 bridgehead atoms. The summed E-state index contributed by atoms with van der Waals surface area (Å²) in [6.07, 6.45) is 1.61. The van der Waals surface area contributed by atoms with E-state index in [9.17, 15) is 4.79 Å². The normalized spacial score (nSPS) is 10.2. The number of anilines is 2.